The largest absolute Gasteiger partial charge is 0.492 e. The Bertz CT molecular complexity index is 935. The zero-order valence-electron chi connectivity index (χ0n) is 15.7. The van der Waals surface area contributed by atoms with Gasteiger partial charge in [0.15, 0.2) is 0 Å². The summed E-state index contributed by atoms with van der Waals surface area (Å²) in [5.41, 5.74) is 0.697. The van der Waals surface area contributed by atoms with Crippen molar-refractivity contribution in [3.63, 3.8) is 0 Å². The van der Waals surface area contributed by atoms with Crippen LogP contribution in [-0.2, 0) is 14.8 Å². The first-order valence-corrected chi connectivity index (χ1v) is 10.5. The van der Waals surface area contributed by atoms with Crippen molar-refractivity contribution in [2.75, 3.05) is 6.61 Å². The van der Waals surface area contributed by atoms with Gasteiger partial charge in [0.2, 0.25) is 15.9 Å². The number of hydrogen-bond acceptors (Lipinski definition) is 4. The van der Waals surface area contributed by atoms with Crippen LogP contribution in [0.3, 0.4) is 0 Å². The SMILES string of the molecule is CCOc1ccc(S(=O)(=O)N[C@@H](C)C(=O)N[C@@H](C)c2ccc(F)cc2)cc1Cl. The molecule has 0 aliphatic heterocycles. The fourth-order valence-corrected chi connectivity index (χ4v) is 3.98. The van der Waals surface area contributed by atoms with Crippen molar-refractivity contribution in [1.29, 1.82) is 0 Å². The summed E-state index contributed by atoms with van der Waals surface area (Å²) in [4.78, 5) is 12.3. The van der Waals surface area contributed by atoms with Gasteiger partial charge in [-0.25, -0.2) is 12.8 Å². The Balaban J connectivity index is 2.05. The second kappa shape index (κ2) is 9.36. The third-order valence-corrected chi connectivity index (χ3v) is 5.80. The van der Waals surface area contributed by atoms with Crippen molar-refractivity contribution in [2.45, 2.75) is 37.8 Å². The molecule has 0 spiro atoms. The maximum Gasteiger partial charge on any atom is 0.241 e. The molecule has 2 N–H and O–H groups in total. The number of nitrogens with one attached hydrogen (secondary N) is 2. The van der Waals surface area contributed by atoms with Crippen molar-refractivity contribution in [3.05, 3.63) is 58.9 Å². The zero-order valence-corrected chi connectivity index (χ0v) is 17.3. The van der Waals surface area contributed by atoms with Crippen LogP contribution in [-0.4, -0.2) is 27.0 Å². The molecule has 0 heterocycles. The number of amides is 1. The molecule has 9 heteroatoms. The average Bonchev–Trinajstić information content (AvgIpc) is 2.63. The number of carbonyl (C=O) groups excluding carboxylic acids is 1. The highest BCUT2D eigenvalue weighted by Crippen LogP contribution is 2.27. The van der Waals surface area contributed by atoms with E-state index in [-0.39, 0.29) is 15.7 Å². The highest BCUT2D eigenvalue weighted by atomic mass is 35.5. The summed E-state index contributed by atoms with van der Waals surface area (Å²) < 4.78 is 45.7. The lowest BCUT2D eigenvalue weighted by Crippen LogP contribution is -2.45. The molecule has 0 unspecified atom stereocenters. The van der Waals surface area contributed by atoms with E-state index in [9.17, 15) is 17.6 Å². The van der Waals surface area contributed by atoms with Gasteiger partial charge in [0.05, 0.1) is 28.6 Å². The fraction of sp³-hybridized carbons (Fsp3) is 0.316. The molecule has 0 bridgehead atoms. The summed E-state index contributed by atoms with van der Waals surface area (Å²) in [7, 11) is -3.97. The fourth-order valence-electron chi connectivity index (χ4n) is 2.45. The van der Waals surface area contributed by atoms with Gasteiger partial charge in [0.25, 0.3) is 0 Å². The monoisotopic (exact) mass is 428 g/mol. The van der Waals surface area contributed by atoms with E-state index in [1.165, 1.54) is 37.3 Å². The smallest absolute Gasteiger partial charge is 0.241 e. The molecule has 6 nitrogen and oxygen atoms in total. The van der Waals surface area contributed by atoms with Crippen LogP contribution in [0.1, 0.15) is 32.4 Å². The maximum absolute atomic E-state index is 13.0. The maximum atomic E-state index is 13.0. The Labute approximate surface area is 169 Å². The molecular weight excluding hydrogens is 407 g/mol. The summed E-state index contributed by atoms with van der Waals surface area (Å²) in [6.07, 6.45) is 0. The predicted molar refractivity (Wildman–Crippen MR) is 105 cm³/mol. The van der Waals surface area contributed by atoms with Gasteiger partial charge >= 0.3 is 0 Å². The van der Waals surface area contributed by atoms with E-state index in [4.69, 9.17) is 16.3 Å². The molecular formula is C19H22ClFN2O4S. The number of rotatable bonds is 8. The molecule has 2 aromatic rings. The number of hydrogen-bond donors (Lipinski definition) is 2. The van der Waals surface area contributed by atoms with Crippen molar-refractivity contribution in [2.24, 2.45) is 0 Å². The van der Waals surface area contributed by atoms with Gasteiger partial charge in [0, 0.05) is 0 Å². The van der Waals surface area contributed by atoms with Gasteiger partial charge in [0.1, 0.15) is 11.6 Å². The van der Waals surface area contributed by atoms with Gasteiger partial charge in [-0.15, -0.1) is 0 Å². The van der Waals surface area contributed by atoms with Gasteiger partial charge in [-0.3, -0.25) is 4.79 Å². The van der Waals surface area contributed by atoms with Crippen LogP contribution in [0.2, 0.25) is 5.02 Å². The lowest BCUT2D eigenvalue weighted by Gasteiger charge is -2.19. The quantitative estimate of drug-likeness (QED) is 0.674. The average molecular weight is 429 g/mol. The first kappa shape index (κ1) is 22.1. The minimum absolute atomic E-state index is 0.0767. The molecule has 0 saturated heterocycles. The Hall–Kier alpha value is -2.16. The minimum atomic E-state index is -3.97. The van der Waals surface area contributed by atoms with Crippen molar-refractivity contribution < 1.29 is 22.3 Å². The third kappa shape index (κ3) is 5.67. The summed E-state index contributed by atoms with van der Waals surface area (Å²) in [5.74, 6) is -0.517. The molecule has 152 valence electrons. The molecule has 0 aromatic heterocycles. The normalized spacial score (nSPS) is 13.6. The van der Waals surface area contributed by atoms with Crippen LogP contribution in [0.25, 0.3) is 0 Å². The second-order valence-electron chi connectivity index (χ2n) is 6.15. The first-order valence-electron chi connectivity index (χ1n) is 8.64. The summed E-state index contributed by atoms with van der Waals surface area (Å²) in [5, 5.41) is 2.85. The zero-order chi connectivity index (χ0) is 20.9. The van der Waals surface area contributed by atoms with Crippen LogP contribution in [0.4, 0.5) is 4.39 Å². The van der Waals surface area contributed by atoms with Crippen molar-refractivity contribution in [3.8, 4) is 5.75 Å². The Morgan fingerprint density at radius 3 is 2.39 bits per heavy atom. The molecule has 0 radical (unpaired) electrons. The lowest BCUT2D eigenvalue weighted by molar-refractivity contribution is -0.123. The molecule has 28 heavy (non-hydrogen) atoms. The number of sulfonamides is 1. The number of halogens is 2. The summed E-state index contributed by atoms with van der Waals surface area (Å²) >= 11 is 6.04. The second-order valence-corrected chi connectivity index (χ2v) is 8.27. The summed E-state index contributed by atoms with van der Waals surface area (Å²) in [6, 6.07) is 8.32. The molecule has 0 fully saturated rings. The number of ether oxygens (including phenoxy) is 1. The molecule has 2 rings (SSSR count). The van der Waals surface area contributed by atoms with E-state index in [2.05, 4.69) is 10.0 Å². The Morgan fingerprint density at radius 2 is 1.82 bits per heavy atom. The van der Waals surface area contributed by atoms with E-state index < -0.39 is 28.0 Å². The van der Waals surface area contributed by atoms with Crippen molar-refractivity contribution >= 4 is 27.5 Å². The predicted octanol–water partition coefficient (Wildman–Crippen LogP) is 3.42. The van der Waals surface area contributed by atoms with E-state index >= 15 is 0 Å². The lowest BCUT2D eigenvalue weighted by atomic mass is 10.1. The molecule has 2 atom stereocenters. The van der Waals surface area contributed by atoms with Gasteiger partial charge < -0.3 is 10.1 Å². The van der Waals surface area contributed by atoms with Crippen LogP contribution in [0.5, 0.6) is 5.75 Å². The van der Waals surface area contributed by atoms with Crippen molar-refractivity contribution in [1.82, 2.24) is 10.0 Å². The molecule has 0 aliphatic carbocycles. The van der Waals surface area contributed by atoms with Gasteiger partial charge in [-0.2, -0.15) is 4.72 Å². The van der Waals surface area contributed by atoms with Crippen LogP contribution >= 0.6 is 11.6 Å². The number of benzene rings is 2. The Kier molecular flexibility index (Phi) is 7.40. The highest BCUT2D eigenvalue weighted by Gasteiger charge is 2.24. The van der Waals surface area contributed by atoms with Crippen LogP contribution < -0.4 is 14.8 Å². The topological polar surface area (TPSA) is 84.5 Å². The van der Waals surface area contributed by atoms with Gasteiger partial charge in [-0.05, 0) is 56.7 Å². The number of carbonyl (C=O) groups is 1. The summed E-state index contributed by atoms with van der Waals surface area (Å²) in [6.45, 7) is 5.34. The van der Waals surface area contributed by atoms with Crippen LogP contribution in [0.15, 0.2) is 47.4 Å². The molecule has 1 amide bonds. The first-order chi connectivity index (χ1) is 13.1. The van der Waals surface area contributed by atoms with Crippen LogP contribution in [0, 0.1) is 5.82 Å². The van der Waals surface area contributed by atoms with E-state index in [0.717, 1.165) is 0 Å². The minimum Gasteiger partial charge on any atom is -0.492 e. The third-order valence-electron chi connectivity index (χ3n) is 3.97. The van der Waals surface area contributed by atoms with E-state index in [1.807, 2.05) is 0 Å². The highest BCUT2D eigenvalue weighted by molar-refractivity contribution is 7.89. The van der Waals surface area contributed by atoms with E-state index in [0.29, 0.717) is 17.9 Å². The van der Waals surface area contributed by atoms with E-state index in [1.54, 1.807) is 26.0 Å². The standard InChI is InChI=1S/C19H22ClFN2O4S/c1-4-27-18-10-9-16(11-17(18)20)28(25,26)23-13(3)19(24)22-12(2)14-5-7-15(21)8-6-14/h5-13,23H,4H2,1-3H3,(H,22,24)/t12-,13-/m0/s1. The molecule has 2 aromatic carbocycles. The van der Waals surface area contributed by atoms with Gasteiger partial charge in [-0.1, -0.05) is 23.7 Å². The Morgan fingerprint density at radius 1 is 1.18 bits per heavy atom. The molecule has 0 aliphatic rings. The molecule has 0 saturated carbocycles.